The molecule has 0 unspecified atom stereocenters. The highest BCUT2D eigenvalue weighted by atomic mass is 19.1. The van der Waals surface area contributed by atoms with Crippen molar-refractivity contribution < 1.29 is 14.3 Å². The SMILES string of the molecule is CC(C)(Cc1ccc2c(cnn2-c2ccc(F)cc2)c1)C(=O)O. The fourth-order valence-corrected chi connectivity index (χ4v) is 2.57. The van der Waals surface area contributed by atoms with E-state index in [0.717, 1.165) is 22.2 Å². The molecule has 5 heteroatoms. The van der Waals surface area contributed by atoms with E-state index in [1.165, 1.54) is 12.1 Å². The number of fused-ring (bicyclic) bond motifs is 1. The highest BCUT2D eigenvalue weighted by Gasteiger charge is 2.27. The summed E-state index contributed by atoms with van der Waals surface area (Å²) in [5.41, 5.74) is 1.80. The normalized spacial score (nSPS) is 11.8. The van der Waals surface area contributed by atoms with E-state index in [0.29, 0.717) is 6.42 Å². The Morgan fingerprint density at radius 1 is 1.22 bits per heavy atom. The van der Waals surface area contributed by atoms with Gasteiger partial charge >= 0.3 is 5.97 Å². The Hall–Kier alpha value is -2.69. The topological polar surface area (TPSA) is 55.1 Å². The summed E-state index contributed by atoms with van der Waals surface area (Å²) in [6.07, 6.45) is 2.18. The summed E-state index contributed by atoms with van der Waals surface area (Å²) < 4.78 is 14.8. The zero-order chi connectivity index (χ0) is 16.6. The van der Waals surface area contributed by atoms with E-state index in [1.807, 2.05) is 18.2 Å². The van der Waals surface area contributed by atoms with Gasteiger partial charge in [-0.3, -0.25) is 4.79 Å². The largest absolute Gasteiger partial charge is 0.481 e. The summed E-state index contributed by atoms with van der Waals surface area (Å²) in [4.78, 5) is 11.3. The number of hydrogen-bond acceptors (Lipinski definition) is 2. The van der Waals surface area contributed by atoms with Gasteiger partial charge in [0.1, 0.15) is 5.82 Å². The summed E-state index contributed by atoms with van der Waals surface area (Å²) in [6, 6.07) is 11.9. The lowest BCUT2D eigenvalue weighted by Crippen LogP contribution is -2.26. The van der Waals surface area contributed by atoms with E-state index in [9.17, 15) is 14.3 Å². The third-order valence-electron chi connectivity index (χ3n) is 3.93. The average Bonchev–Trinajstić information content (AvgIpc) is 2.90. The number of carboxylic acid groups (broad SMARTS) is 1. The maximum absolute atomic E-state index is 13.0. The van der Waals surface area contributed by atoms with Gasteiger partial charge in [0.25, 0.3) is 0 Å². The van der Waals surface area contributed by atoms with Gasteiger partial charge in [0.05, 0.1) is 22.8 Å². The van der Waals surface area contributed by atoms with E-state index in [4.69, 9.17) is 0 Å². The van der Waals surface area contributed by atoms with Crippen LogP contribution in [0.5, 0.6) is 0 Å². The van der Waals surface area contributed by atoms with Crippen LogP contribution in [0, 0.1) is 11.2 Å². The quantitative estimate of drug-likeness (QED) is 0.797. The third kappa shape index (κ3) is 2.95. The van der Waals surface area contributed by atoms with Gasteiger partial charge in [-0.05, 0) is 62.2 Å². The van der Waals surface area contributed by atoms with Crippen molar-refractivity contribution in [3.63, 3.8) is 0 Å². The number of carbonyl (C=O) groups is 1. The van der Waals surface area contributed by atoms with Crippen molar-refractivity contribution in [3.8, 4) is 5.69 Å². The van der Waals surface area contributed by atoms with Gasteiger partial charge in [-0.15, -0.1) is 0 Å². The fourth-order valence-electron chi connectivity index (χ4n) is 2.57. The molecule has 4 nitrogen and oxygen atoms in total. The molecule has 0 fully saturated rings. The van der Waals surface area contributed by atoms with Gasteiger partial charge in [-0.25, -0.2) is 9.07 Å². The minimum Gasteiger partial charge on any atom is -0.481 e. The van der Waals surface area contributed by atoms with Crippen molar-refractivity contribution in [3.05, 3.63) is 60.0 Å². The number of carboxylic acids is 1. The first kappa shape index (κ1) is 15.2. The van der Waals surface area contributed by atoms with Gasteiger partial charge in [0.2, 0.25) is 0 Å². The van der Waals surface area contributed by atoms with Crippen molar-refractivity contribution >= 4 is 16.9 Å². The lowest BCUT2D eigenvalue weighted by molar-refractivity contribution is -0.146. The predicted octanol–water partition coefficient (Wildman–Crippen LogP) is 3.82. The van der Waals surface area contributed by atoms with Crippen molar-refractivity contribution in [2.45, 2.75) is 20.3 Å². The predicted molar refractivity (Wildman–Crippen MR) is 86.1 cm³/mol. The van der Waals surface area contributed by atoms with E-state index < -0.39 is 11.4 Å². The van der Waals surface area contributed by atoms with E-state index in [-0.39, 0.29) is 5.82 Å². The highest BCUT2D eigenvalue weighted by molar-refractivity contribution is 5.81. The molecule has 0 atom stereocenters. The van der Waals surface area contributed by atoms with Crippen molar-refractivity contribution in [1.82, 2.24) is 9.78 Å². The maximum Gasteiger partial charge on any atom is 0.309 e. The molecule has 0 amide bonds. The van der Waals surface area contributed by atoms with E-state index in [2.05, 4.69) is 5.10 Å². The van der Waals surface area contributed by atoms with Crippen molar-refractivity contribution in [1.29, 1.82) is 0 Å². The van der Waals surface area contributed by atoms with Crippen LogP contribution in [0.15, 0.2) is 48.7 Å². The molecule has 0 saturated carbocycles. The summed E-state index contributed by atoms with van der Waals surface area (Å²) in [5.74, 6) is -1.11. The standard InChI is InChI=1S/C18H17FN2O2/c1-18(2,17(22)23)10-12-3-8-16-13(9-12)11-20-21(16)15-6-4-14(19)5-7-15/h3-9,11H,10H2,1-2H3,(H,22,23). The first-order valence-corrected chi connectivity index (χ1v) is 7.33. The zero-order valence-electron chi connectivity index (χ0n) is 13.0. The van der Waals surface area contributed by atoms with Crippen LogP contribution in [-0.4, -0.2) is 20.9 Å². The lowest BCUT2D eigenvalue weighted by atomic mass is 9.86. The molecular weight excluding hydrogens is 295 g/mol. The van der Waals surface area contributed by atoms with Crippen LogP contribution in [0.3, 0.4) is 0 Å². The Labute approximate surface area is 133 Å². The first-order valence-electron chi connectivity index (χ1n) is 7.33. The number of hydrogen-bond donors (Lipinski definition) is 1. The zero-order valence-corrected chi connectivity index (χ0v) is 13.0. The van der Waals surface area contributed by atoms with E-state index in [1.54, 1.807) is 36.9 Å². The Kier molecular flexibility index (Phi) is 3.64. The van der Waals surface area contributed by atoms with Gasteiger partial charge < -0.3 is 5.11 Å². The molecule has 1 N–H and O–H groups in total. The summed E-state index contributed by atoms with van der Waals surface area (Å²) in [6.45, 7) is 3.42. The van der Waals surface area contributed by atoms with Gasteiger partial charge in [0, 0.05) is 5.39 Å². The summed E-state index contributed by atoms with van der Waals surface area (Å²) in [7, 11) is 0. The number of rotatable bonds is 4. The van der Waals surface area contributed by atoms with Crippen LogP contribution in [0.4, 0.5) is 4.39 Å². The van der Waals surface area contributed by atoms with Crippen LogP contribution in [0.2, 0.25) is 0 Å². The third-order valence-corrected chi connectivity index (χ3v) is 3.93. The second-order valence-corrected chi connectivity index (χ2v) is 6.29. The number of aliphatic carboxylic acids is 1. The lowest BCUT2D eigenvalue weighted by Gasteiger charge is -2.18. The molecule has 0 aliphatic carbocycles. The minimum atomic E-state index is -0.820. The maximum atomic E-state index is 13.0. The molecule has 118 valence electrons. The number of nitrogens with zero attached hydrogens (tertiary/aromatic N) is 2. The van der Waals surface area contributed by atoms with Gasteiger partial charge in [0.15, 0.2) is 0 Å². The van der Waals surface area contributed by atoms with Crippen LogP contribution in [0.25, 0.3) is 16.6 Å². The Morgan fingerprint density at radius 3 is 2.57 bits per heavy atom. The number of benzene rings is 2. The molecule has 2 aromatic carbocycles. The molecule has 0 bridgehead atoms. The molecular formula is C18H17FN2O2. The van der Waals surface area contributed by atoms with Gasteiger partial charge in [-0.2, -0.15) is 5.10 Å². The number of halogens is 1. The van der Waals surface area contributed by atoms with Gasteiger partial charge in [-0.1, -0.05) is 6.07 Å². The van der Waals surface area contributed by atoms with Crippen LogP contribution < -0.4 is 0 Å². The Bertz CT molecular complexity index is 866. The van der Waals surface area contributed by atoms with Crippen LogP contribution in [0.1, 0.15) is 19.4 Å². The summed E-state index contributed by atoms with van der Waals surface area (Å²) in [5, 5.41) is 14.5. The van der Waals surface area contributed by atoms with Crippen molar-refractivity contribution in [2.75, 3.05) is 0 Å². The second-order valence-electron chi connectivity index (χ2n) is 6.29. The molecule has 3 rings (SSSR count). The smallest absolute Gasteiger partial charge is 0.309 e. The molecule has 23 heavy (non-hydrogen) atoms. The highest BCUT2D eigenvalue weighted by Crippen LogP contribution is 2.25. The summed E-state index contributed by atoms with van der Waals surface area (Å²) >= 11 is 0. The minimum absolute atomic E-state index is 0.289. The first-order chi connectivity index (χ1) is 10.9. The molecule has 0 aliphatic heterocycles. The molecule has 0 saturated heterocycles. The fraction of sp³-hybridized carbons (Fsp3) is 0.222. The molecule has 0 spiro atoms. The van der Waals surface area contributed by atoms with E-state index >= 15 is 0 Å². The molecule has 1 aromatic heterocycles. The molecule has 1 heterocycles. The average molecular weight is 312 g/mol. The molecule has 0 aliphatic rings. The molecule has 3 aromatic rings. The number of aromatic nitrogens is 2. The van der Waals surface area contributed by atoms with Crippen LogP contribution >= 0.6 is 0 Å². The second kappa shape index (κ2) is 5.50. The monoisotopic (exact) mass is 312 g/mol. The molecule has 0 radical (unpaired) electrons. The van der Waals surface area contributed by atoms with Crippen molar-refractivity contribution in [2.24, 2.45) is 5.41 Å². The van der Waals surface area contributed by atoms with Crippen LogP contribution in [-0.2, 0) is 11.2 Å². The Morgan fingerprint density at radius 2 is 1.91 bits per heavy atom. The Balaban J connectivity index is 1.97.